The van der Waals surface area contributed by atoms with Gasteiger partial charge in [-0.15, -0.1) is 0 Å². The van der Waals surface area contributed by atoms with E-state index in [4.69, 9.17) is 28.3 Å². The highest BCUT2D eigenvalue weighted by Crippen LogP contribution is 1.98. The standard InChI is InChI=1S/C2H2Cl2O2/c3-1(4)2(5)6/h1H,(H,5,6)/i2+1. The summed E-state index contributed by atoms with van der Waals surface area (Å²) in [6.45, 7) is 0. The fourth-order valence-electron chi connectivity index (χ4n) is 0. The Morgan fingerprint density at radius 1 is 1.67 bits per heavy atom. The zero-order valence-corrected chi connectivity index (χ0v) is 4.20. The average molecular weight is 130 g/mol. The number of alkyl halides is 2. The van der Waals surface area contributed by atoms with Crippen LogP contribution < -0.4 is 0 Å². The summed E-state index contributed by atoms with van der Waals surface area (Å²) in [5, 5.41) is 7.73. The molecule has 0 aromatic rings. The van der Waals surface area contributed by atoms with E-state index in [0.29, 0.717) is 0 Å². The van der Waals surface area contributed by atoms with E-state index in [1.54, 1.807) is 0 Å². The van der Waals surface area contributed by atoms with Crippen LogP contribution >= 0.6 is 23.2 Å². The number of aliphatic carboxylic acids is 1. The number of rotatable bonds is 1. The summed E-state index contributed by atoms with van der Waals surface area (Å²) >= 11 is 9.56. The Morgan fingerprint density at radius 3 is 1.83 bits per heavy atom. The van der Waals surface area contributed by atoms with E-state index in [-0.39, 0.29) is 0 Å². The minimum Gasteiger partial charge on any atom is -0.479 e. The maximum Gasteiger partial charge on any atom is 0.337 e. The minimum absolute atomic E-state index is 1.21. The number of carboxylic acid groups (broad SMARTS) is 1. The fraction of sp³-hybridized carbons (Fsp3) is 0.500. The SMILES string of the molecule is O=[13C](O)C(Cl)Cl. The highest BCUT2D eigenvalue weighted by molar-refractivity contribution is 6.52. The highest BCUT2D eigenvalue weighted by atomic mass is 35.5. The van der Waals surface area contributed by atoms with Gasteiger partial charge in [0.15, 0.2) is 0 Å². The summed E-state index contributed by atoms with van der Waals surface area (Å²) in [7, 11) is 0. The van der Waals surface area contributed by atoms with Crippen LogP contribution in [0.5, 0.6) is 0 Å². The average Bonchev–Trinajstić information content (AvgIpc) is 1.36. The van der Waals surface area contributed by atoms with E-state index in [2.05, 4.69) is 0 Å². The Labute approximate surface area is 44.7 Å². The van der Waals surface area contributed by atoms with Gasteiger partial charge in [0.2, 0.25) is 4.84 Å². The molecule has 0 aromatic heterocycles. The largest absolute Gasteiger partial charge is 0.479 e. The van der Waals surface area contributed by atoms with Gasteiger partial charge in [0.05, 0.1) is 0 Å². The van der Waals surface area contributed by atoms with Crippen LogP contribution in [0, 0.1) is 0 Å². The van der Waals surface area contributed by atoms with E-state index in [1.165, 1.54) is 0 Å². The van der Waals surface area contributed by atoms with E-state index < -0.39 is 10.8 Å². The number of carbonyl (C=O) groups is 1. The van der Waals surface area contributed by atoms with E-state index >= 15 is 0 Å². The first kappa shape index (κ1) is 6.05. The molecule has 0 heterocycles. The molecule has 0 atom stereocenters. The summed E-state index contributed by atoms with van der Waals surface area (Å²) in [5.41, 5.74) is 0. The van der Waals surface area contributed by atoms with Crippen molar-refractivity contribution in [3.8, 4) is 0 Å². The van der Waals surface area contributed by atoms with E-state index in [9.17, 15) is 4.79 Å². The Kier molecular flexibility index (Phi) is 2.28. The van der Waals surface area contributed by atoms with Gasteiger partial charge in [-0.25, -0.2) is 4.79 Å². The van der Waals surface area contributed by atoms with Crippen molar-refractivity contribution in [3.05, 3.63) is 0 Å². The Morgan fingerprint density at radius 2 is 1.83 bits per heavy atom. The minimum atomic E-state index is -1.29. The van der Waals surface area contributed by atoms with Gasteiger partial charge in [-0.05, 0) is 0 Å². The highest BCUT2D eigenvalue weighted by Gasteiger charge is 2.05. The van der Waals surface area contributed by atoms with Gasteiger partial charge < -0.3 is 5.11 Å². The lowest BCUT2D eigenvalue weighted by atomic mass is 11.2. The molecule has 0 fully saturated rings. The topological polar surface area (TPSA) is 37.3 Å². The molecular weight excluding hydrogens is 128 g/mol. The van der Waals surface area contributed by atoms with Gasteiger partial charge in [-0.3, -0.25) is 0 Å². The summed E-state index contributed by atoms with van der Waals surface area (Å²) < 4.78 is 0. The van der Waals surface area contributed by atoms with Crippen LogP contribution in [0.25, 0.3) is 0 Å². The van der Waals surface area contributed by atoms with Crippen LogP contribution in [0.1, 0.15) is 0 Å². The molecule has 0 aliphatic heterocycles. The fourth-order valence-corrected chi connectivity index (χ4v) is 0. The quantitative estimate of drug-likeness (QED) is 0.422. The molecule has 0 spiro atoms. The Balaban J connectivity index is 3.26. The maximum atomic E-state index is 9.44. The second-order valence-corrected chi connectivity index (χ2v) is 1.74. The van der Waals surface area contributed by atoms with Crippen molar-refractivity contribution >= 4 is 29.2 Å². The first-order valence-corrected chi connectivity index (χ1v) is 2.03. The normalized spacial score (nSPS) is 9.17. The molecule has 6 heavy (non-hydrogen) atoms. The van der Waals surface area contributed by atoms with Gasteiger partial charge in [0.25, 0.3) is 0 Å². The van der Waals surface area contributed by atoms with Crippen LogP contribution in [-0.2, 0) is 4.79 Å². The third-order valence-corrected chi connectivity index (χ3v) is 0.560. The number of carboxylic acids is 1. The lowest BCUT2D eigenvalue weighted by Crippen LogP contribution is -2.03. The molecule has 0 saturated heterocycles. The van der Waals surface area contributed by atoms with Crippen LogP contribution in [0.3, 0.4) is 0 Å². The van der Waals surface area contributed by atoms with Gasteiger partial charge in [-0.2, -0.15) is 0 Å². The van der Waals surface area contributed by atoms with Gasteiger partial charge in [0, 0.05) is 0 Å². The predicted molar refractivity (Wildman–Crippen MR) is 23.1 cm³/mol. The van der Waals surface area contributed by atoms with Crippen molar-refractivity contribution in [2.75, 3.05) is 0 Å². The monoisotopic (exact) mass is 129 g/mol. The molecule has 4 heteroatoms. The summed E-state index contributed by atoms with van der Waals surface area (Å²) in [6, 6.07) is 0. The van der Waals surface area contributed by atoms with Crippen LogP contribution in [0.2, 0.25) is 0 Å². The molecular formula is C2H2Cl2O2. The third kappa shape index (κ3) is 2.30. The lowest BCUT2D eigenvalue weighted by Gasteiger charge is -1.84. The van der Waals surface area contributed by atoms with Crippen molar-refractivity contribution in [3.63, 3.8) is 0 Å². The first-order chi connectivity index (χ1) is 2.64. The van der Waals surface area contributed by atoms with Crippen LogP contribution in [0.15, 0.2) is 0 Å². The second kappa shape index (κ2) is 2.26. The summed E-state index contributed by atoms with van der Waals surface area (Å²) in [4.78, 5) is 8.15. The Hall–Kier alpha value is 0.0500. The van der Waals surface area contributed by atoms with E-state index in [0.717, 1.165) is 0 Å². The van der Waals surface area contributed by atoms with Crippen molar-refractivity contribution in [1.29, 1.82) is 0 Å². The Bertz CT molecular complexity index is 60.6. The third-order valence-electron chi connectivity index (χ3n) is 0.187. The van der Waals surface area contributed by atoms with Crippen molar-refractivity contribution in [2.45, 2.75) is 4.84 Å². The molecule has 0 radical (unpaired) electrons. The lowest BCUT2D eigenvalue weighted by molar-refractivity contribution is -0.135. The summed E-state index contributed by atoms with van der Waals surface area (Å²) in [5.74, 6) is -1.21. The number of hydrogen-bond acceptors (Lipinski definition) is 1. The molecule has 36 valence electrons. The molecule has 0 rings (SSSR count). The van der Waals surface area contributed by atoms with Gasteiger partial charge >= 0.3 is 5.97 Å². The number of hydrogen-bond donors (Lipinski definition) is 1. The molecule has 0 unspecified atom stereocenters. The smallest absolute Gasteiger partial charge is 0.337 e. The van der Waals surface area contributed by atoms with Crippen LogP contribution in [0.4, 0.5) is 0 Å². The first-order valence-electron chi connectivity index (χ1n) is 1.15. The predicted octanol–water partition coefficient (Wildman–Crippen LogP) is 0.875. The maximum absolute atomic E-state index is 9.44. The van der Waals surface area contributed by atoms with E-state index in [1.807, 2.05) is 0 Å². The van der Waals surface area contributed by atoms with Crippen LogP contribution in [-0.4, -0.2) is 15.9 Å². The molecule has 0 aliphatic rings. The zero-order chi connectivity index (χ0) is 5.15. The second-order valence-electron chi connectivity index (χ2n) is 0.639. The van der Waals surface area contributed by atoms with Gasteiger partial charge in [-0.1, -0.05) is 23.2 Å². The molecule has 0 aromatic carbocycles. The van der Waals surface area contributed by atoms with Crippen molar-refractivity contribution in [1.82, 2.24) is 0 Å². The number of halogens is 2. The molecule has 1 N–H and O–H groups in total. The van der Waals surface area contributed by atoms with Crippen molar-refractivity contribution in [2.24, 2.45) is 0 Å². The summed E-state index contributed by atoms with van der Waals surface area (Å²) in [6.07, 6.45) is 0. The molecule has 2 nitrogen and oxygen atoms in total. The zero-order valence-electron chi connectivity index (χ0n) is 2.69. The molecule has 0 amide bonds. The van der Waals surface area contributed by atoms with Gasteiger partial charge in [0.1, 0.15) is 0 Å². The molecule has 0 aliphatic carbocycles. The molecule has 0 saturated carbocycles. The van der Waals surface area contributed by atoms with Crippen molar-refractivity contribution < 1.29 is 9.90 Å². The molecule has 0 bridgehead atoms.